The number of anilines is 1. The summed E-state index contributed by atoms with van der Waals surface area (Å²) in [6.45, 7) is -0.234. The van der Waals surface area contributed by atoms with Gasteiger partial charge in [-0.1, -0.05) is 18.2 Å². The van der Waals surface area contributed by atoms with Crippen molar-refractivity contribution in [3.63, 3.8) is 0 Å². The highest BCUT2D eigenvalue weighted by molar-refractivity contribution is 6.04. The molecule has 180 valence electrons. The Hall–Kier alpha value is -4.01. The predicted octanol–water partition coefficient (Wildman–Crippen LogP) is 5.41. The molecular formula is C25H25F2NO6. The molecular weight excluding hydrogens is 448 g/mol. The van der Waals surface area contributed by atoms with Crippen molar-refractivity contribution in [2.75, 3.05) is 32.2 Å². The standard InChI is InChI=1S/C25H25F2NO6/c1-3-31-22-15-17(9-11-21(22)33-14-13-32-19-7-5-4-6-8-19)24(29)28-18-10-12-20(30-2)23(16-18)34-25(26)27/h4-12,15-16,25H,3,13-14H2,1-2H3,(H,28,29). The second-order valence-corrected chi connectivity index (χ2v) is 6.80. The summed E-state index contributed by atoms with van der Waals surface area (Å²) in [5, 5.41) is 2.65. The number of halogens is 2. The molecule has 34 heavy (non-hydrogen) atoms. The van der Waals surface area contributed by atoms with Crippen LogP contribution in [0.4, 0.5) is 14.5 Å². The molecule has 1 amide bonds. The van der Waals surface area contributed by atoms with Gasteiger partial charge in [0.05, 0.1) is 13.7 Å². The smallest absolute Gasteiger partial charge is 0.387 e. The number of para-hydroxylation sites is 1. The molecule has 0 bridgehead atoms. The van der Waals surface area contributed by atoms with Gasteiger partial charge in [0.1, 0.15) is 19.0 Å². The number of hydrogen-bond donors (Lipinski definition) is 1. The van der Waals surface area contributed by atoms with Crippen molar-refractivity contribution >= 4 is 11.6 Å². The monoisotopic (exact) mass is 473 g/mol. The van der Waals surface area contributed by atoms with Crippen molar-refractivity contribution in [3.05, 3.63) is 72.3 Å². The number of benzene rings is 3. The number of hydrogen-bond acceptors (Lipinski definition) is 6. The highest BCUT2D eigenvalue weighted by Gasteiger charge is 2.15. The largest absolute Gasteiger partial charge is 0.493 e. The molecule has 1 N–H and O–H groups in total. The zero-order chi connectivity index (χ0) is 24.3. The molecule has 0 atom stereocenters. The lowest BCUT2D eigenvalue weighted by Crippen LogP contribution is -2.13. The molecule has 3 aromatic carbocycles. The predicted molar refractivity (Wildman–Crippen MR) is 123 cm³/mol. The van der Waals surface area contributed by atoms with E-state index in [2.05, 4.69) is 10.1 Å². The maximum Gasteiger partial charge on any atom is 0.387 e. The van der Waals surface area contributed by atoms with Crippen LogP contribution in [-0.2, 0) is 0 Å². The SMILES string of the molecule is CCOc1cc(C(=O)Nc2ccc(OC)c(OC(F)F)c2)ccc1OCCOc1ccccc1. The minimum atomic E-state index is -3.03. The molecule has 0 spiro atoms. The van der Waals surface area contributed by atoms with E-state index in [-0.39, 0.29) is 23.8 Å². The molecule has 0 aliphatic heterocycles. The number of carbonyl (C=O) groups excluding carboxylic acids is 1. The van der Waals surface area contributed by atoms with Crippen molar-refractivity contribution in [1.82, 2.24) is 0 Å². The fourth-order valence-electron chi connectivity index (χ4n) is 3.01. The van der Waals surface area contributed by atoms with Crippen LogP contribution < -0.4 is 29.0 Å². The van der Waals surface area contributed by atoms with Crippen molar-refractivity contribution in [3.8, 4) is 28.7 Å². The molecule has 9 heteroatoms. The zero-order valence-corrected chi connectivity index (χ0v) is 18.8. The summed E-state index contributed by atoms with van der Waals surface area (Å²) in [5.41, 5.74) is 0.557. The summed E-state index contributed by atoms with van der Waals surface area (Å²) in [6, 6.07) is 18.3. The lowest BCUT2D eigenvalue weighted by molar-refractivity contribution is -0.0511. The van der Waals surface area contributed by atoms with Crippen LogP contribution in [0.3, 0.4) is 0 Å². The third kappa shape index (κ3) is 6.99. The van der Waals surface area contributed by atoms with Crippen molar-refractivity contribution in [2.45, 2.75) is 13.5 Å². The summed E-state index contributed by atoms with van der Waals surface area (Å²) in [4.78, 5) is 12.7. The van der Waals surface area contributed by atoms with Crippen LogP contribution in [0, 0.1) is 0 Å². The van der Waals surface area contributed by atoms with Crippen LogP contribution in [0.1, 0.15) is 17.3 Å². The Morgan fingerprint density at radius 3 is 2.29 bits per heavy atom. The number of methoxy groups -OCH3 is 1. The van der Waals surface area contributed by atoms with Gasteiger partial charge in [0, 0.05) is 17.3 Å². The first-order valence-electron chi connectivity index (χ1n) is 10.5. The molecule has 0 radical (unpaired) electrons. The normalized spacial score (nSPS) is 10.5. The lowest BCUT2D eigenvalue weighted by atomic mass is 10.1. The summed E-state index contributed by atoms with van der Waals surface area (Å²) >= 11 is 0. The quantitative estimate of drug-likeness (QED) is 0.355. The van der Waals surface area contributed by atoms with E-state index >= 15 is 0 Å². The van der Waals surface area contributed by atoms with Crippen molar-refractivity contribution in [2.24, 2.45) is 0 Å². The van der Waals surface area contributed by atoms with E-state index in [1.165, 1.54) is 25.3 Å². The Labute approximate surface area is 196 Å². The Kier molecular flexibility index (Phi) is 8.90. The van der Waals surface area contributed by atoms with E-state index in [0.29, 0.717) is 30.3 Å². The Morgan fingerprint density at radius 1 is 0.853 bits per heavy atom. The molecule has 0 heterocycles. The van der Waals surface area contributed by atoms with Gasteiger partial charge in [-0.3, -0.25) is 4.79 Å². The van der Waals surface area contributed by atoms with E-state index in [4.69, 9.17) is 18.9 Å². The van der Waals surface area contributed by atoms with Gasteiger partial charge in [-0.25, -0.2) is 0 Å². The Bertz CT molecular complexity index is 1080. The van der Waals surface area contributed by atoms with Gasteiger partial charge in [0.15, 0.2) is 23.0 Å². The average molecular weight is 473 g/mol. The van der Waals surface area contributed by atoms with Gasteiger partial charge >= 0.3 is 6.61 Å². The van der Waals surface area contributed by atoms with Crippen LogP contribution >= 0.6 is 0 Å². The van der Waals surface area contributed by atoms with Gasteiger partial charge in [-0.15, -0.1) is 0 Å². The fourth-order valence-corrected chi connectivity index (χ4v) is 3.01. The van der Waals surface area contributed by atoms with Gasteiger partial charge in [0.25, 0.3) is 5.91 Å². The molecule has 0 aliphatic carbocycles. The molecule has 3 rings (SSSR count). The molecule has 0 fully saturated rings. The second-order valence-electron chi connectivity index (χ2n) is 6.80. The number of amides is 1. The molecule has 0 aromatic heterocycles. The van der Waals surface area contributed by atoms with Gasteiger partial charge < -0.3 is 29.0 Å². The van der Waals surface area contributed by atoms with Gasteiger partial charge in [0.2, 0.25) is 0 Å². The first kappa shape index (κ1) is 24.6. The lowest BCUT2D eigenvalue weighted by Gasteiger charge is -2.15. The maximum absolute atomic E-state index is 12.7. The number of alkyl halides is 2. The molecule has 0 unspecified atom stereocenters. The maximum atomic E-state index is 12.7. The first-order valence-corrected chi connectivity index (χ1v) is 10.5. The molecule has 7 nitrogen and oxygen atoms in total. The molecule has 0 aliphatic rings. The third-order valence-corrected chi connectivity index (χ3v) is 4.50. The summed E-state index contributed by atoms with van der Waals surface area (Å²) in [7, 11) is 1.33. The third-order valence-electron chi connectivity index (χ3n) is 4.50. The second kappa shape index (κ2) is 12.3. The number of nitrogens with one attached hydrogen (secondary N) is 1. The van der Waals surface area contributed by atoms with Crippen LogP contribution in [0.2, 0.25) is 0 Å². The highest BCUT2D eigenvalue weighted by Crippen LogP contribution is 2.32. The van der Waals surface area contributed by atoms with E-state index in [1.54, 1.807) is 18.2 Å². The fraction of sp³-hybridized carbons (Fsp3) is 0.240. The van der Waals surface area contributed by atoms with E-state index in [1.807, 2.05) is 37.3 Å². The van der Waals surface area contributed by atoms with E-state index in [0.717, 1.165) is 5.75 Å². The minimum Gasteiger partial charge on any atom is -0.493 e. The number of carbonyl (C=O) groups is 1. The average Bonchev–Trinajstić information content (AvgIpc) is 2.83. The first-order chi connectivity index (χ1) is 16.5. The van der Waals surface area contributed by atoms with E-state index < -0.39 is 12.5 Å². The summed E-state index contributed by atoms with van der Waals surface area (Å²) < 4.78 is 51.7. The van der Waals surface area contributed by atoms with Crippen LogP contribution in [-0.4, -0.2) is 39.4 Å². The Morgan fingerprint density at radius 2 is 1.59 bits per heavy atom. The van der Waals surface area contributed by atoms with Crippen LogP contribution in [0.15, 0.2) is 66.7 Å². The van der Waals surface area contributed by atoms with Crippen molar-refractivity contribution in [1.29, 1.82) is 0 Å². The van der Waals surface area contributed by atoms with E-state index in [9.17, 15) is 13.6 Å². The topological polar surface area (TPSA) is 75.3 Å². The molecule has 3 aromatic rings. The summed E-state index contributed by atoms with van der Waals surface area (Å²) in [6.07, 6.45) is 0. The Balaban J connectivity index is 1.66. The van der Waals surface area contributed by atoms with Gasteiger partial charge in [-0.2, -0.15) is 8.78 Å². The van der Waals surface area contributed by atoms with Gasteiger partial charge in [-0.05, 0) is 49.4 Å². The van der Waals surface area contributed by atoms with Crippen LogP contribution in [0.25, 0.3) is 0 Å². The number of rotatable bonds is 12. The summed E-state index contributed by atoms with van der Waals surface area (Å²) in [5.74, 6) is 1.07. The van der Waals surface area contributed by atoms with Crippen molar-refractivity contribution < 1.29 is 37.3 Å². The molecule has 0 saturated heterocycles. The molecule has 0 saturated carbocycles. The zero-order valence-electron chi connectivity index (χ0n) is 18.8. The number of ether oxygens (including phenoxy) is 5. The van der Waals surface area contributed by atoms with Crippen LogP contribution in [0.5, 0.6) is 28.7 Å². The highest BCUT2D eigenvalue weighted by atomic mass is 19.3. The minimum absolute atomic E-state index is 0.120.